The molecule has 0 bridgehead atoms. The van der Waals surface area contributed by atoms with Gasteiger partial charge in [-0.2, -0.15) is 0 Å². The molecule has 0 saturated carbocycles. The van der Waals surface area contributed by atoms with E-state index >= 15 is 0 Å². The number of benzene rings is 1. The molecule has 4 heteroatoms. The van der Waals surface area contributed by atoms with Gasteiger partial charge in [0, 0.05) is 23.0 Å². The highest BCUT2D eigenvalue weighted by atomic mass is 35.5. The maximum absolute atomic E-state index is 5.99. The largest absolute Gasteiger partial charge is 0.491 e. The normalized spacial score (nSPS) is 20.6. The van der Waals surface area contributed by atoms with E-state index < -0.39 is 0 Å². The number of rotatable bonds is 0. The van der Waals surface area contributed by atoms with Gasteiger partial charge in [0.1, 0.15) is 5.75 Å². The molecular weight excluding hydrogens is 188 g/mol. The standard InChI is InChI=1S/C9H11ClN2O/c10-5-1-2-7(12)9-8(5)6(11)3-4-13-9/h1-2,6H,3-4,11-12H2/t6-/m0/s1. The van der Waals surface area contributed by atoms with Gasteiger partial charge in [0.15, 0.2) is 0 Å². The van der Waals surface area contributed by atoms with Crippen molar-refractivity contribution < 1.29 is 4.74 Å². The van der Waals surface area contributed by atoms with Gasteiger partial charge in [0.25, 0.3) is 0 Å². The lowest BCUT2D eigenvalue weighted by atomic mass is 10.0. The predicted octanol–water partition coefficient (Wildman–Crippen LogP) is 1.70. The number of hydrogen-bond acceptors (Lipinski definition) is 3. The third-order valence-electron chi connectivity index (χ3n) is 2.22. The fourth-order valence-corrected chi connectivity index (χ4v) is 1.82. The Labute approximate surface area is 81.6 Å². The first-order valence-electron chi connectivity index (χ1n) is 4.16. The second-order valence-corrected chi connectivity index (χ2v) is 3.53. The zero-order valence-corrected chi connectivity index (χ0v) is 7.84. The average Bonchev–Trinajstić information content (AvgIpc) is 2.12. The molecule has 0 spiro atoms. The van der Waals surface area contributed by atoms with Crippen molar-refractivity contribution in [2.45, 2.75) is 12.5 Å². The molecule has 1 heterocycles. The second-order valence-electron chi connectivity index (χ2n) is 3.12. The molecule has 0 fully saturated rings. The highest BCUT2D eigenvalue weighted by Gasteiger charge is 2.22. The summed E-state index contributed by atoms with van der Waals surface area (Å²) in [7, 11) is 0. The minimum atomic E-state index is -0.0558. The number of fused-ring (bicyclic) bond motifs is 1. The van der Waals surface area contributed by atoms with Crippen LogP contribution in [0, 0.1) is 0 Å². The summed E-state index contributed by atoms with van der Waals surface area (Å²) in [6.45, 7) is 0.610. The maximum atomic E-state index is 5.99. The number of nitrogen functional groups attached to an aromatic ring is 1. The van der Waals surface area contributed by atoms with Crippen LogP contribution >= 0.6 is 11.6 Å². The van der Waals surface area contributed by atoms with Crippen molar-refractivity contribution in [2.75, 3.05) is 12.3 Å². The van der Waals surface area contributed by atoms with Crippen molar-refractivity contribution in [3.8, 4) is 5.75 Å². The Morgan fingerprint density at radius 1 is 1.46 bits per heavy atom. The first kappa shape index (κ1) is 8.66. The lowest BCUT2D eigenvalue weighted by Crippen LogP contribution is -2.21. The van der Waals surface area contributed by atoms with E-state index in [0.717, 1.165) is 12.0 Å². The molecule has 1 aliphatic heterocycles. The maximum Gasteiger partial charge on any atom is 0.148 e. The molecule has 4 N–H and O–H groups in total. The number of halogens is 1. The SMILES string of the molecule is Nc1ccc(Cl)c2c1OCC[C@@H]2N. The van der Waals surface area contributed by atoms with Crippen molar-refractivity contribution >= 4 is 17.3 Å². The lowest BCUT2D eigenvalue weighted by molar-refractivity contribution is 0.270. The summed E-state index contributed by atoms with van der Waals surface area (Å²) in [5, 5.41) is 0.636. The monoisotopic (exact) mass is 198 g/mol. The van der Waals surface area contributed by atoms with E-state index in [1.54, 1.807) is 12.1 Å². The highest BCUT2D eigenvalue weighted by Crippen LogP contribution is 2.39. The Kier molecular flexibility index (Phi) is 2.06. The summed E-state index contributed by atoms with van der Waals surface area (Å²) in [4.78, 5) is 0. The molecule has 2 rings (SSSR count). The van der Waals surface area contributed by atoms with Gasteiger partial charge in [-0.3, -0.25) is 0 Å². The molecule has 70 valence electrons. The summed E-state index contributed by atoms with van der Waals surface area (Å²) < 4.78 is 5.42. The Morgan fingerprint density at radius 3 is 2.92 bits per heavy atom. The van der Waals surface area contributed by atoms with Gasteiger partial charge in [0.05, 0.1) is 12.3 Å². The number of anilines is 1. The molecule has 1 atom stereocenters. The van der Waals surface area contributed by atoms with Crippen LogP contribution in [0.1, 0.15) is 18.0 Å². The average molecular weight is 199 g/mol. The fourth-order valence-electron chi connectivity index (χ4n) is 1.53. The van der Waals surface area contributed by atoms with Gasteiger partial charge in [0.2, 0.25) is 0 Å². The zero-order chi connectivity index (χ0) is 9.42. The van der Waals surface area contributed by atoms with Crippen LogP contribution in [0.3, 0.4) is 0 Å². The van der Waals surface area contributed by atoms with Crippen molar-refractivity contribution in [3.63, 3.8) is 0 Å². The van der Waals surface area contributed by atoms with Crippen molar-refractivity contribution in [1.82, 2.24) is 0 Å². The summed E-state index contributed by atoms with van der Waals surface area (Å²) in [6, 6.07) is 3.43. The molecule has 13 heavy (non-hydrogen) atoms. The predicted molar refractivity (Wildman–Crippen MR) is 52.9 cm³/mol. The molecule has 0 unspecified atom stereocenters. The molecule has 1 aromatic carbocycles. The third kappa shape index (κ3) is 1.34. The van der Waals surface area contributed by atoms with Crippen molar-refractivity contribution in [1.29, 1.82) is 0 Å². The van der Waals surface area contributed by atoms with E-state index in [2.05, 4.69) is 0 Å². The first-order chi connectivity index (χ1) is 6.20. The molecule has 0 aromatic heterocycles. The Morgan fingerprint density at radius 2 is 2.23 bits per heavy atom. The van der Waals surface area contributed by atoms with Gasteiger partial charge in [-0.05, 0) is 12.1 Å². The van der Waals surface area contributed by atoms with E-state index in [9.17, 15) is 0 Å². The zero-order valence-electron chi connectivity index (χ0n) is 7.09. The van der Waals surface area contributed by atoms with Gasteiger partial charge < -0.3 is 16.2 Å². The molecule has 3 nitrogen and oxygen atoms in total. The van der Waals surface area contributed by atoms with Crippen LogP contribution in [0.25, 0.3) is 0 Å². The van der Waals surface area contributed by atoms with Crippen LogP contribution < -0.4 is 16.2 Å². The fraction of sp³-hybridized carbons (Fsp3) is 0.333. The highest BCUT2D eigenvalue weighted by molar-refractivity contribution is 6.31. The first-order valence-corrected chi connectivity index (χ1v) is 4.54. The minimum Gasteiger partial charge on any atom is -0.491 e. The number of hydrogen-bond donors (Lipinski definition) is 2. The summed E-state index contributed by atoms with van der Waals surface area (Å²) in [5.74, 6) is 0.659. The Balaban J connectivity index is 2.60. The van der Waals surface area contributed by atoms with Crippen LogP contribution in [0.4, 0.5) is 5.69 Å². The Hall–Kier alpha value is -0.930. The molecule has 0 amide bonds. The molecule has 0 radical (unpaired) electrons. The smallest absolute Gasteiger partial charge is 0.148 e. The van der Waals surface area contributed by atoms with Gasteiger partial charge in [-0.15, -0.1) is 0 Å². The van der Waals surface area contributed by atoms with E-state index in [1.807, 2.05) is 0 Å². The topological polar surface area (TPSA) is 61.3 Å². The summed E-state index contributed by atoms with van der Waals surface area (Å²) >= 11 is 5.99. The summed E-state index contributed by atoms with van der Waals surface area (Å²) in [5.41, 5.74) is 13.1. The van der Waals surface area contributed by atoms with Gasteiger partial charge >= 0.3 is 0 Å². The second kappa shape index (κ2) is 3.09. The van der Waals surface area contributed by atoms with Gasteiger partial charge in [-0.25, -0.2) is 0 Å². The van der Waals surface area contributed by atoms with Crippen LogP contribution in [-0.2, 0) is 0 Å². The molecule has 1 aromatic rings. The summed E-state index contributed by atoms with van der Waals surface area (Å²) in [6.07, 6.45) is 0.788. The van der Waals surface area contributed by atoms with Crippen LogP contribution in [0.15, 0.2) is 12.1 Å². The van der Waals surface area contributed by atoms with Crippen molar-refractivity contribution in [2.24, 2.45) is 5.73 Å². The van der Waals surface area contributed by atoms with E-state index in [0.29, 0.717) is 23.1 Å². The molecule has 0 saturated heterocycles. The van der Waals surface area contributed by atoms with E-state index in [-0.39, 0.29) is 6.04 Å². The quantitative estimate of drug-likeness (QED) is 0.624. The van der Waals surface area contributed by atoms with Crippen LogP contribution in [-0.4, -0.2) is 6.61 Å². The molecule has 0 aliphatic carbocycles. The Bertz CT molecular complexity index is 341. The number of nitrogens with two attached hydrogens (primary N) is 2. The van der Waals surface area contributed by atoms with E-state index in [4.69, 9.17) is 27.8 Å². The third-order valence-corrected chi connectivity index (χ3v) is 2.55. The van der Waals surface area contributed by atoms with Crippen LogP contribution in [0.2, 0.25) is 5.02 Å². The van der Waals surface area contributed by atoms with E-state index in [1.165, 1.54) is 0 Å². The lowest BCUT2D eigenvalue weighted by Gasteiger charge is -2.24. The molecular formula is C9H11ClN2O. The minimum absolute atomic E-state index is 0.0558. The van der Waals surface area contributed by atoms with Crippen molar-refractivity contribution in [3.05, 3.63) is 22.7 Å². The molecule has 1 aliphatic rings. The van der Waals surface area contributed by atoms with Gasteiger partial charge in [-0.1, -0.05) is 11.6 Å². The number of ether oxygens (including phenoxy) is 1. The van der Waals surface area contributed by atoms with Crippen LogP contribution in [0.5, 0.6) is 5.75 Å².